The Balaban J connectivity index is 2.31. The number of nitrogens with zero attached hydrogens (tertiary/aromatic N) is 3. The molecule has 1 N–H and O–H groups in total. The van der Waals surface area contributed by atoms with E-state index in [4.69, 9.17) is 9.97 Å². The summed E-state index contributed by atoms with van der Waals surface area (Å²) in [5.41, 5.74) is 2.38. The van der Waals surface area contributed by atoms with E-state index >= 15 is 0 Å². The number of aromatic nitrogens is 2. The minimum Gasteiger partial charge on any atom is -0.370 e. The largest absolute Gasteiger partial charge is 0.370 e. The molecule has 1 unspecified atom stereocenters. The zero-order valence-electron chi connectivity index (χ0n) is 13.1. The van der Waals surface area contributed by atoms with Gasteiger partial charge in [0, 0.05) is 35.9 Å². The number of hydrogen-bond acceptors (Lipinski definition) is 5. The van der Waals surface area contributed by atoms with Gasteiger partial charge in [-0.15, -0.1) is 0 Å². The molecule has 20 heavy (non-hydrogen) atoms. The number of aryl methyl sites for hydroxylation is 1. The lowest BCUT2D eigenvalue weighted by Crippen LogP contribution is -2.34. The second kappa shape index (κ2) is 7.27. The summed E-state index contributed by atoms with van der Waals surface area (Å²) in [6.45, 7) is 8.55. The fourth-order valence-corrected chi connectivity index (χ4v) is 3.75. The summed E-state index contributed by atoms with van der Waals surface area (Å²) >= 11 is 2.00. The molecule has 0 radical (unpaired) electrons. The van der Waals surface area contributed by atoms with Crippen molar-refractivity contribution in [2.45, 2.75) is 39.7 Å². The van der Waals surface area contributed by atoms with Crippen LogP contribution in [0.5, 0.6) is 0 Å². The molecule has 0 amide bonds. The van der Waals surface area contributed by atoms with Gasteiger partial charge in [-0.25, -0.2) is 9.97 Å². The number of thioether (sulfide) groups is 1. The Labute approximate surface area is 126 Å². The van der Waals surface area contributed by atoms with Crippen LogP contribution in [-0.4, -0.2) is 46.5 Å². The third-order valence-electron chi connectivity index (χ3n) is 3.82. The highest BCUT2D eigenvalue weighted by Crippen LogP contribution is 2.28. The minimum atomic E-state index is 0.348. The van der Waals surface area contributed by atoms with Gasteiger partial charge in [0.25, 0.3) is 0 Å². The first-order chi connectivity index (χ1) is 9.67. The molecule has 2 rings (SSSR count). The van der Waals surface area contributed by atoms with Crippen molar-refractivity contribution in [3.63, 3.8) is 0 Å². The van der Waals surface area contributed by atoms with Gasteiger partial charge < -0.3 is 5.32 Å². The molecule has 112 valence electrons. The molecule has 1 saturated heterocycles. The maximum Gasteiger partial charge on any atom is 0.148 e. The summed E-state index contributed by atoms with van der Waals surface area (Å²) in [5, 5.41) is 3.47. The van der Waals surface area contributed by atoms with E-state index in [2.05, 4.69) is 38.0 Å². The van der Waals surface area contributed by atoms with Crippen molar-refractivity contribution in [3.05, 3.63) is 17.1 Å². The standard InChI is InChI=1S/C15H26N4S/c1-5-7-16-14-12(6-2)11(3)17-15(18-14)13-10-20-9-8-19(13)4/h13H,5-10H2,1-4H3,(H,16,17,18). The first-order valence-corrected chi connectivity index (χ1v) is 8.72. The van der Waals surface area contributed by atoms with Crippen LogP contribution >= 0.6 is 11.8 Å². The van der Waals surface area contributed by atoms with Gasteiger partial charge in [0.1, 0.15) is 11.6 Å². The number of anilines is 1. The lowest BCUT2D eigenvalue weighted by Gasteiger charge is -2.31. The zero-order valence-corrected chi connectivity index (χ0v) is 13.9. The third kappa shape index (κ3) is 3.44. The second-order valence-electron chi connectivity index (χ2n) is 5.35. The SMILES string of the molecule is CCCNc1nc(C2CSCCN2C)nc(C)c1CC. The van der Waals surface area contributed by atoms with Gasteiger partial charge in [-0.2, -0.15) is 11.8 Å². The maximum atomic E-state index is 4.84. The Bertz CT molecular complexity index is 450. The fraction of sp³-hybridized carbons (Fsp3) is 0.733. The predicted molar refractivity (Wildman–Crippen MR) is 87.6 cm³/mol. The van der Waals surface area contributed by atoms with Crippen LogP contribution in [0.25, 0.3) is 0 Å². The summed E-state index contributed by atoms with van der Waals surface area (Å²) in [5.74, 6) is 4.32. The molecule has 1 aliphatic rings. The summed E-state index contributed by atoms with van der Waals surface area (Å²) in [6.07, 6.45) is 2.09. The number of hydrogen-bond donors (Lipinski definition) is 1. The van der Waals surface area contributed by atoms with E-state index in [1.807, 2.05) is 11.8 Å². The van der Waals surface area contributed by atoms with Crippen molar-refractivity contribution >= 4 is 17.6 Å². The Morgan fingerprint density at radius 3 is 2.80 bits per heavy atom. The highest BCUT2D eigenvalue weighted by atomic mass is 32.2. The fourth-order valence-electron chi connectivity index (χ4n) is 2.54. The molecule has 1 fully saturated rings. The van der Waals surface area contributed by atoms with Crippen LogP contribution in [0.3, 0.4) is 0 Å². The maximum absolute atomic E-state index is 4.84. The van der Waals surface area contributed by atoms with Crippen LogP contribution in [0.15, 0.2) is 0 Å². The average Bonchev–Trinajstić information content (AvgIpc) is 2.45. The molecule has 1 aromatic heterocycles. The lowest BCUT2D eigenvalue weighted by molar-refractivity contribution is 0.264. The summed E-state index contributed by atoms with van der Waals surface area (Å²) in [7, 11) is 2.18. The van der Waals surface area contributed by atoms with Crippen molar-refractivity contribution in [3.8, 4) is 0 Å². The van der Waals surface area contributed by atoms with Crippen LogP contribution in [-0.2, 0) is 6.42 Å². The normalized spacial score (nSPS) is 20.1. The highest BCUT2D eigenvalue weighted by molar-refractivity contribution is 7.99. The molecule has 0 bridgehead atoms. The van der Waals surface area contributed by atoms with Gasteiger partial charge in [-0.1, -0.05) is 13.8 Å². The monoisotopic (exact) mass is 294 g/mol. The molecule has 0 aromatic carbocycles. The Morgan fingerprint density at radius 2 is 2.15 bits per heavy atom. The number of rotatable bonds is 5. The smallest absolute Gasteiger partial charge is 0.148 e. The lowest BCUT2D eigenvalue weighted by atomic mass is 10.1. The van der Waals surface area contributed by atoms with Crippen LogP contribution in [0.4, 0.5) is 5.82 Å². The molecule has 4 nitrogen and oxygen atoms in total. The van der Waals surface area contributed by atoms with Gasteiger partial charge in [-0.3, -0.25) is 4.90 Å². The molecule has 0 aliphatic carbocycles. The summed E-state index contributed by atoms with van der Waals surface area (Å²) in [4.78, 5) is 12.0. The Morgan fingerprint density at radius 1 is 1.35 bits per heavy atom. The minimum absolute atomic E-state index is 0.348. The average molecular weight is 294 g/mol. The summed E-state index contributed by atoms with van der Waals surface area (Å²) in [6, 6.07) is 0.348. The van der Waals surface area contributed by atoms with Gasteiger partial charge in [-0.05, 0) is 26.8 Å². The van der Waals surface area contributed by atoms with E-state index in [1.54, 1.807) is 0 Å². The third-order valence-corrected chi connectivity index (χ3v) is 4.84. The molecule has 0 spiro atoms. The van der Waals surface area contributed by atoms with Crippen LogP contribution < -0.4 is 5.32 Å². The Hall–Kier alpha value is -0.810. The highest BCUT2D eigenvalue weighted by Gasteiger charge is 2.25. The molecular formula is C15H26N4S. The van der Waals surface area contributed by atoms with Gasteiger partial charge in [0.2, 0.25) is 0 Å². The molecule has 1 aliphatic heterocycles. The van der Waals surface area contributed by atoms with E-state index in [1.165, 1.54) is 11.3 Å². The van der Waals surface area contributed by atoms with Gasteiger partial charge in [0.15, 0.2) is 0 Å². The van der Waals surface area contributed by atoms with E-state index in [0.29, 0.717) is 6.04 Å². The van der Waals surface area contributed by atoms with E-state index in [9.17, 15) is 0 Å². The van der Waals surface area contributed by atoms with E-state index < -0.39 is 0 Å². The topological polar surface area (TPSA) is 41.1 Å². The zero-order chi connectivity index (χ0) is 14.5. The second-order valence-corrected chi connectivity index (χ2v) is 6.50. The molecule has 1 atom stereocenters. The van der Waals surface area contributed by atoms with Crippen LogP contribution in [0.1, 0.15) is 43.4 Å². The van der Waals surface area contributed by atoms with Crippen molar-refractivity contribution < 1.29 is 0 Å². The first kappa shape index (κ1) is 15.6. The van der Waals surface area contributed by atoms with Crippen LogP contribution in [0, 0.1) is 6.92 Å². The molecule has 0 saturated carbocycles. The quantitative estimate of drug-likeness (QED) is 0.904. The molecule has 1 aromatic rings. The van der Waals surface area contributed by atoms with Crippen molar-refractivity contribution in [1.29, 1.82) is 0 Å². The first-order valence-electron chi connectivity index (χ1n) is 7.56. The number of nitrogens with one attached hydrogen (secondary N) is 1. The van der Waals surface area contributed by atoms with E-state index in [0.717, 1.165) is 49.0 Å². The van der Waals surface area contributed by atoms with Gasteiger partial charge >= 0.3 is 0 Å². The summed E-state index contributed by atoms with van der Waals surface area (Å²) < 4.78 is 0. The van der Waals surface area contributed by atoms with Crippen molar-refractivity contribution in [1.82, 2.24) is 14.9 Å². The van der Waals surface area contributed by atoms with Crippen molar-refractivity contribution in [2.24, 2.45) is 0 Å². The Kier molecular flexibility index (Phi) is 5.66. The van der Waals surface area contributed by atoms with Crippen LogP contribution in [0.2, 0.25) is 0 Å². The van der Waals surface area contributed by atoms with Gasteiger partial charge in [0.05, 0.1) is 6.04 Å². The van der Waals surface area contributed by atoms with Crippen molar-refractivity contribution in [2.75, 3.05) is 37.0 Å². The van der Waals surface area contributed by atoms with E-state index in [-0.39, 0.29) is 0 Å². The molecule has 2 heterocycles. The predicted octanol–water partition coefficient (Wildman–Crippen LogP) is 2.89. The molecule has 5 heteroatoms. The molecular weight excluding hydrogens is 268 g/mol.